The zero-order chi connectivity index (χ0) is 22.4. The Morgan fingerprint density at radius 3 is 2.45 bits per heavy atom. The molecule has 0 amide bonds. The van der Waals surface area contributed by atoms with E-state index in [-0.39, 0.29) is 28.8 Å². The lowest BCUT2D eigenvalue weighted by atomic mass is 9.38. The molecule has 1 aromatic heterocycles. The molecule has 0 radical (unpaired) electrons. The first kappa shape index (κ1) is 20.5. The van der Waals surface area contributed by atoms with E-state index in [1.165, 1.54) is 0 Å². The summed E-state index contributed by atoms with van der Waals surface area (Å²) in [6.45, 7) is 10.3. The van der Waals surface area contributed by atoms with Gasteiger partial charge in [0.15, 0.2) is 5.78 Å². The van der Waals surface area contributed by atoms with E-state index in [1.54, 1.807) is 24.7 Å². The first-order valence-corrected chi connectivity index (χ1v) is 11.2. The first-order chi connectivity index (χ1) is 14.5. The molecule has 2 fully saturated rings. The van der Waals surface area contributed by atoms with Crippen LogP contribution >= 0.6 is 0 Å². The topological polar surface area (TPSA) is 73.6 Å². The predicted octanol–water partition coefficient (Wildman–Crippen LogP) is 4.99. The molecule has 164 valence electrons. The molecule has 1 aromatic rings. The van der Waals surface area contributed by atoms with Gasteiger partial charge >= 0.3 is 5.97 Å². The summed E-state index contributed by atoms with van der Waals surface area (Å²) in [6.07, 6.45) is 10.0. The van der Waals surface area contributed by atoms with Crippen molar-refractivity contribution in [1.29, 1.82) is 0 Å². The van der Waals surface area contributed by atoms with Crippen molar-refractivity contribution in [3.05, 3.63) is 48.0 Å². The third-order valence-electron chi connectivity index (χ3n) is 9.32. The van der Waals surface area contributed by atoms with Crippen LogP contribution in [0.5, 0.6) is 0 Å². The van der Waals surface area contributed by atoms with Crippen LogP contribution in [0.1, 0.15) is 65.5 Å². The van der Waals surface area contributed by atoms with Crippen molar-refractivity contribution in [1.82, 2.24) is 0 Å². The second-order valence-electron chi connectivity index (χ2n) is 11.1. The maximum atomic E-state index is 13.9. The van der Waals surface area contributed by atoms with E-state index < -0.39 is 28.3 Å². The van der Waals surface area contributed by atoms with Crippen molar-refractivity contribution in [3.8, 4) is 0 Å². The fraction of sp³-hybridized carbons (Fsp3) is 0.577. The molecule has 5 nitrogen and oxygen atoms in total. The average Bonchev–Trinajstić information content (AvgIpc) is 3.23. The van der Waals surface area contributed by atoms with Gasteiger partial charge < -0.3 is 9.15 Å². The molecule has 5 rings (SSSR count). The van der Waals surface area contributed by atoms with Crippen LogP contribution in [0.3, 0.4) is 0 Å². The summed E-state index contributed by atoms with van der Waals surface area (Å²) in [7, 11) is 0. The van der Waals surface area contributed by atoms with Gasteiger partial charge in [-0.15, -0.1) is 0 Å². The van der Waals surface area contributed by atoms with Crippen LogP contribution in [0.15, 0.2) is 46.8 Å². The van der Waals surface area contributed by atoms with Crippen molar-refractivity contribution in [2.75, 3.05) is 0 Å². The second-order valence-corrected chi connectivity index (χ2v) is 11.1. The summed E-state index contributed by atoms with van der Waals surface area (Å²) >= 11 is 0. The molecule has 3 aliphatic carbocycles. The highest BCUT2D eigenvalue weighted by molar-refractivity contribution is 5.99. The number of cyclic esters (lactones) is 1. The molecule has 0 aromatic carbocycles. The highest BCUT2D eigenvalue weighted by atomic mass is 16.5. The number of fused-ring (bicyclic) bond motifs is 5. The molecule has 0 saturated heterocycles. The zero-order valence-corrected chi connectivity index (χ0v) is 18.9. The van der Waals surface area contributed by atoms with Gasteiger partial charge in [-0.3, -0.25) is 9.59 Å². The van der Waals surface area contributed by atoms with E-state index in [9.17, 15) is 14.4 Å². The van der Waals surface area contributed by atoms with Gasteiger partial charge in [0.25, 0.3) is 0 Å². The van der Waals surface area contributed by atoms with Crippen LogP contribution < -0.4 is 0 Å². The first-order valence-electron chi connectivity index (χ1n) is 11.2. The monoisotopic (exact) mass is 422 g/mol. The normalized spacial score (nSPS) is 43.5. The Bertz CT molecular complexity index is 1040. The number of allylic oxidation sites excluding steroid dienone is 2. The highest BCUT2D eigenvalue weighted by Gasteiger charge is 2.68. The van der Waals surface area contributed by atoms with Gasteiger partial charge in [-0.25, -0.2) is 4.79 Å². The lowest BCUT2D eigenvalue weighted by Crippen LogP contribution is -2.63. The van der Waals surface area contributed by atoms with Crippen molar-refractivity contribution >= 4 is 17.5 Å². The molecule has 2 saturated carbocycles. The number of carbonyl (C=O) groups excluding carboxylic acids is 3. The number of ether oxygens (including phenoxy) is 1. The molecule has 6 atom stereocenters. The van der Waals surface area contributed by atoms with Crippen LogP contribution in [0.2, 0.25) is 0 Å². The molecule has 31 heavy (non-hydrogen) atoms. The van der Waals surface area contributed by atoms with Crippen molar-refractivity contribution in [2.45, 2.75) is 60.0 Å². The Hall–Kier alpha value is -2.43. The Balaban J connectivity index is 1.67. The van der Waals surface area contributed by atoms with E-state index in [0.29, 0.717) is 6.42 Å². The van der Waals surface area contributed by atoms with Crippen LogP contribution in [0.4, 0.5) is 0 Å². The fourth-order valence-electron chi connectivity index (χ4n) is 7.54. The summed E-state index contributed by atoms with van der Waals surface area (Å²) in [6, 6.07) is 1.83. The summed E-state index contributed by atoms with van der Waals surface area (Å²) < 4.78 is 11.1. The molecule has 0 bridgehead atoms. The second kappa shape index (κ2) is 6.08. The number of furan rings is 1. The van der Waals surface area contributed by atoms with Gasteiger partial charge in [-0.1, -0.05) is 33.8 Å². The van der Waals surface area contributed by atoms with Crippen LogP contribution in [-0.2, 0) is 19.1 Å². The SMILES string of the molecule is CC1(C)C(=O)C=C[C@@]2(C)C1CC(=O)[C@@]1(C)C3=CC(=O)O[C@@H](c4ccoc4)[C@]3(C)CCC12. The van der Waals surface area contributed by atoms with Gasteiger partial charge in [-0.2, -0.15) is 0 Å². The van der Waals surface area contributed by atoms with Crippen LogP contribution in [-0.4, -0.2) is 17.5 Å². The van der Waals surface area contributed by atoms with E-state index in [0.717, 1.165) is 24.0 Å². The quantitative estimate of drug-likeness (QED) is 0.596. The van der Waals surface area contributed by atoms with Crippen LogP contribution in [0.25, 0.3) is 0 Å². The predicted molar refractivity (Wildman–Crippen MR) is 114 cm³/mol. The largest absolute Gasteiger partial charge is 0.472 e. The van der Waals surface area contributed by atoms with E-state index in [2.05, 4.69) is 19.9 Å². The third-order valence-corrected chi connectivity index (χ3v) is 9.32. The minimum absolute atomic E-state index is 0.0186. The fourth-order valence-corrected chi connectivity index (χ4v) is 7.54. The molecule has 5 heteroatoms. The van der Waals surface area contributed by atoms with Gasteiger partial charge in [0, 0.05) is 28.9 Å². The standard InChI is InChI=1S/C26H30O5/c1-23(2)17-12-20(28)26(5)16(24(17,3)10-7-19(23)27)6-9-25(4)18(26)13-21(29)31-22(25)15-8-11-30-14-15/h7-8,10-11,13-14,16-17,22H,6,9,12H2,1-5H3/t16?,17?,22-,24+,25+,26+/m0/s1. The minimum Gasteiger partial charge on any atom is -0.472 e. The number of carbonyl (C=O) groups is 3. The maximum Gasteiger partial charge on any atom is 0.331 e. The maximum absolute atomic E-state index is 13.9. The lowest BCUT2D eigenvalue weighted by molar-refractivity contribution is -0.168. The van der Waals surface area contributed by atoms with Crippen molar-refractivity contribution in [2.24, 2.45) is 33.5 Å². The zero-order valence-electron chi connectivity index (χ0n) is 18.9. The van der Waals surface area contributed by atoms with Gasteiger partial charge in [0.2, 0.25) is 0 Å². The smallest absolute Gasteiger partial charge is 0.331 e. The van der Waals surface area contributed by atoms with Gasteiger partial charge in [0.1, 0.15) is 11.9 Å². The third kappa shape index (κ3) is 2.41. The Labute approximate surface area is 182 Å². The lowest BCUT2D eigenvalue weighted by Gasteiger charge is -2.64. The molecule has 2 unspecified atom stereocenters. The number of hydrogen-bond acceptors (Lipinski definition) is 5. The summed E-state index contributed by atoms with van der Waals surface area (Å²) in [4.78, 5) is 39.3. The number of Topliss-reactive ketones (excluding diaryl/α,β-unsaturated/α-hetero) is 1. The molecule has 4 aliphatic rings. The number of hydrogen-bond donors (Lipinski definition) is 0. The molecule has 0 spiro atoms. The molecular weight excluding hydrogens is 392 g/mol. The van der Waals surface area contributed by atoms with E-state index >= 15 is 0 Å². The number of rotatable bonds is 1. The van der Waals surface area contributed by atoms with Crippen LogP contribution in [0, 0.1) is 33.5 Å². The highest BCUT2D eigenvalue weighted by Crippen LogP contribution is 2.70. The molecular formula is C26H30O5. The number of ketones is 2. The average molecular weight is 423 g/mol. The number of esters is 1. The van der Waals surface area contributed by atoms with Gasteiger partial charge in [0.05, 0.1) is 17.9 Å². The van der Waals surface area contributed by atoms with Crippen molar-refractivity contribution in [3.63, 3.8) is 0 Å². The van der Waals surface area contributed by atoms with E-state index in [4.69, 9.17) is 9.15 Å². The van der Waals surface area contributed by atoms with Crippen molar-refractivity contribution < 1.29 is 23.5 Å². The summed E-state index contributed by atoms with van der Waals surface area (Å²) in [5.41, 5.74) is -0.437. The Morgan fingerprint density at radius 1 is 1.03 bits per heavy atom. The summed E-state index contributed by atoms with van der Waals surface area (Å²) in [5, 5.41) is 0. The molecule has 0 N–H and O–H groups in total. The summed E-state index contributed by atoms with van der Waals surface area (Å²) in [5.74, 6) is -0.213. The minimum atomic E-state index is -0.777. The van der Waals surface area contributed by atoms with E-state index in [1.807, 2.05) is 26.8 Å². The molecule has 2 heterocycles. The molecule has 1 aliphatic heterocycles. The van der Waals surface area contributed by atoms with Gasteiger partial charge in [-0.05, 0) is 54.7 Å². The Morgan fingerprint density at radius 2 is 1.77 bits per heavy atom. The Kier molecular flexibility index (Phi) is 4.02.